The molecule has 0 unspecified atom stereocenters. The van der Waals surface area contributed by atoms with Gasteiger partial charge >= 0.3 is 0 Å². The fraction of sp³-hybridized carbons (Fsp3) is 0.400. The van der Waals surface area contributed by atoms with Gasteiger partial charge in [0.15, 0.2) is 5.03 Å². The van der Waals surface area contributed by atoms with Crippen LogP contribution in [0, 0.1) is 0 Å². The number of aromatic nitrogens is 2. The fourth-order valence-electron chi connectivity index (χ4n) is 2.76. The van der Waals surface area contributed by atoms with Crippen molar-refractivity contribution in [3.8, 4) is 0 Å². The first-order chi connectivity index (χ1) is 10.5. The maximum absolute atomic E-state index is 12.7. The molecule has 1 fully saturated rings. The molecular formula is C15H20N4O2S. The number of rotatable bonds is 3. The number of sulfonamides is 1. The molecule has 1 aliphatic heterocycles. The summed E-state index contributed by atoms with van der Waals surface area (Å²) in [6, 6.07) is 10.1. The highest BCUT2D eigenvalue weighted by Crippen LogP contribution is 2.27. The second kappa shape index (κ2) is 5.83. The number of imidazole rings is 1. The summed E-state index contributed by atoms with van der Waals surface area (Å²) in [5, 5.41) is 0.117. The normalized spacial score (nSPS) is 21.1. The van der Waals surface area contributed by atoms with Gasteiger partial charge in [-0.3, -0.25) is 4.90 Å². The van der Waals surface area contributed by atoms with Gasteiger partial charge in [0.05, 0.1) is 6.33 Å². The quantitative estimate of drug-likeness (QED) is 0.850. The summed E-state index contributed by atoms with van der Waals surface area (Å²) in [6.07, 6.45) is 3.06. The Labute approximate surface area is 131 Å². The highest BCUT2D eigenvalue weighted by atomic mass is 32.2. The Bertz CT molecular complexity index is 742. The zero-order valence-corrected chi connectivity index (χ0v) is 13.6. The van der Waals surface area contributed by atoms with Crippen molar-refractivity contribution in [1.29, 1.82) is 0 Å². The molecule has 0 saturated carbocycles. The molecular weight excluding hydrogens is 300 g/mol. The van der Waals surface area contributed by atoms with Crippen LogP contribution in [0.2, 0.25) is 0 Å². The molecule has 1 atom stereocenters. The van der Waals surface area contributed by atoms with E-state index < -0.39 is 10.0 Å². The molecule has 1 saturated heterocycles. The molecule has 0 aliphatic carbocycles. The van der Waals surface area contributed by atoms with Gasteiger partial charge in [-0.15, -0.1) is 0 Å². The molecule has 0 N–H and O–H groups in total. The monoisotopic (exact) mass is 320 g/mol. The summed E-state index contributed by atoms with van der Waals surface area (Å²) in [5.41, 5.74) is 1.13. The molecule has 2 aromatic rings. The van der Waals surface area contributed by atoms with Gasteiger partial charge in [-0.1, -0.05) is 30.3 Å². The lowest BCUT2D eigenvalue weighted by Gasteiger charge is -2.38. The van der Waals surface area contributed by atoms with Crippen molar-refractivity contribution < 1.29 is 8.42 Å². The lowest BCUT2D eigenvalue weighted by molar-refractivity contribution is 0.148. The van der Waals surface area contributed by atoms with Crippen molar-refractivity contribution in [3.05, 3.63) is 48.4 Å². The van der Waals surface area contributed by atoms with E-state index in [1.165, 1.54) is 10.6 Å². The maximum Gasteiger partial charge on any atom is 0.262 e. The third kappa shape index (κ3) is 2.79. The summed E-state index contributed by atoms with van der Waals surface area (Å²) in [4.78, 5) is 6.19. The minimum absolute atomic E-state index is 0.0634. The van der Waals surface area contributed by atoms with Crippen molar-refractivity contribution in [2.75, 3.05) is 26.7 Å². The molecule has 0 amide bonds. The SMILES string of the molecule is CN1CCN(S(=O)(=O)c2cn(C)cn2)C[C@@H]1c1ccccc1. The van der Waals surface area contributed by atoms with Crippen LogP contribution in [0.4, 0.5) is 0 Å². The minimum atomic E-state index is -3.53. The Morgan fingerprint density at radius 2 is 1.86 bits per heavy atom. The van der Waals surface area contributed by atoms with Crippen LogP contribution in [0.25, 0.3) is 0 Å². The van der Waals surface area contributed by atoms with E-state index >= 15 is 0 Å². The standard InChI is InChI=1S/C15H20N4O2S/c1-17-11-15(16-12-17)22(20,21)19-9-8-18(2)14(10-19)13-6-4-3-5-7-13/h3-7,11-12,14H,8-10H2,1-2H3/t14-/m1/s1. The van der Waals surface area contributed by atoms with Gasteiger partial charge in [0.25, 0.3) is 10.0 Å². The summed E-state index contributed by atoms with van der Waals surface area (Å²) in [7, 11) is 0.266. The summed E-state index contributed by atoms with van der Waals surface area (Å²) < 4.78 is 28.6. The number of benzene rings is 1. The van der Waals surface area contributed by atoms with Crippen molar-refractivity contribution in [3.63, 3.8) is 0 Å². The Morgan fingerprint density at radius 1 is 1.14 bits per heavy atom. The van der Waals surface area contributed by atoms with E-state index in [-0.39, 0.29) is 11.1 Å². The fourth-order valence-corrected chi connectivity index (χ4v) is 4.16. The van der Waals surface area contributed by atoms with Gasteiger partial charge < -0.3 is 4.57 Å². The molecule has 7 heteroatoms. The molecule has 3 rings (SSSR count). The molecule has 2 heterocycles. The molecule has 1 aliphatic rings. The van der Waals surface area contributed by atoms with Crippen LogP contribution >= 0.6 is 0 Å². The van der Waals surface area contributed by atoms with Gasteiger partial charge in [-0.2, -0.15) is 4.31 Å². The van der Waals surface area contributed by atoms with E-state index in [2.05, 4.69) is 9.88 Å². The number of hydrogen-bond donors (Lipinski definition) is 0. The zero-order chi connectivity index (χ0) is 15.7. The minimum Gasteiger partial charge on any atom is -0.339 e. The summed E-state index contributed by atoms with van der Waals surface area (Å²) >= 11 is 0. The third-order valence-corrected chi connectivity index (χ3v) is 5.83. The van der Waals surface area contributed by atoms with Crippen molar-refractivity contribution in [2.45, 2.75) is 11.1 Å². The zero-order valence-electron chi connectivity index (χ0n) is 12.8. The number of nitrogens with zero attached hydrogens (tertiary/aromatic N) is 4. The van der Waals surface area contributed by atoms with Gasteiger partial charge in [-0.25, -0.2) is 13.4 Å². The largest absolute Gasteiger partial charge is 0.339 e. The molecule has 1 aromatic carbocycles. The predicted octanol–water partition coefficient (Wildman–Crippen LogP) is 1.10. The smallest absolute Gasteiger partial charge is 0.262 e. The Morgan fingerprint density at radius 3 is 2.50 bits per heavy atom. The van der Waals surface area contributed by atoms with Crippen LogP contribution < -0.4 is 0 Å². The number of aryl methyl sites for hydroxylation is 1. The molecule has 0 bridgehead atoms. The molecule has 0 spiro atoms. The highest BCUT2D eigenvalue weighted by Gasteiger charge is 2.34. The molecule has 0 radical (unpaired) electrons. The van der Waals surface area contributed by atoms with E-state index in [9.17, 15) is 8.42 Å². The molecule has 118 valence electrons. The Hall–Kier alpha value is -1.70. The average Bonchev–Trinajstić information content (AvgIpc) is 2.96. The van der Waals surface area contributed by atoms with E-state index in [0.29, 0.717) is 19.6 Å². The topological polar surface area (TPSA) is 58.4 Å². The predicted molar refractivity (Wildman–Crippen MR) is 83.8 cm³/mol. The van der Waals surface area contributed by atoms with Crippen LogP contribution in [-0.4, -0.2) is 53.9 Å². The molecule has 1 aromatic heterocycles. The number of piperazine rings is 1. The second-order valence-electron chi connectivity index (χ2n) is 5.65. The van der Waals surface area contributed by atoms with Gasteiger partial charge in [0.1, 0.15) is 0 Å². The number of likely N-dealkylation sites (N-methyl/N-ethyl adjacent to an activating group) is 1. The first kappa shape index (κ1) is 15.2. The highest BCUT2D eigenvalue weighted by molar-refractivity contribution is 7.89. The van der Waals surface area contributed by atoms with Gasteiger partial charge in [0, 0.05) is 38.9 Å². The number of hydrogen-bond acceptors (Lipinski definition) is 4. The third-order valence-electron chi connectivity index (χ3n) is 4.08. The second-order valence-corrected chi connectivity index (χ2v) is 7.53. The van der Waals surface area contributed by atoms with Crippen LogP contribution in [0.15, 0.2) is 47.9 Å². The van der Waals surface area contributed by atoms with Gasteiger partial charge in [-0.05, 0) is 12.6 Å². The van der Waals surface area contributed by atoms with Crippen LogP contribution in [0.1, 0.15) is 11.6 Å². The summed E-state index contributed by atoms with van der Waals surface area (Å²) in [5.74, 6) is 0. The van der Waals surface area contributed by atoms with Crippen molar-refractivity contribution in [2.24, 2.45) is 7.05 Å². The molecule has 6 nitrogen and oxygen atoms in total. The van der Waals surface area contributed by atoms with E-state index in [1.807, 2.05) is 37.4 Å². The average molecular weight is 320 g/mol. The van der Waals surface area contributed by atoms with Gasteiger partial charge in [0.2, 0.25) is 0 Å². The van der Waals surface area contributed by atoms with E-state index in [4.69, 9.17) is 0 Å². The Kier molecular flexibility index (Phi) is 4.03. The van der Waals surface area contributed by atoms with Crippen LogP contribution in [-0.2, 0) is 17.1 Å². The lowest BCUT2D eigenvalue weighted by Crippen LogP contribution is -2.48. The van der Waals surface area contributed by atoms with Crippen LogP contribution in [0.3, 0.4) is 0 Å². The van der Waals surface area contributed by atoms with Crippen LogP contribution in [0.5, 0.6) is 0 Å². The van der Waals surface area contributed by atoms with E-state index in [1.54, 1.807) is 17.8 Å². The first-order valence-corrected chi connectivity index (χ1v) is 8.66. The first-order valence-electron chi connectivity index (χ1n) is 7.22. The Balaban J connectivity index is 1.87. The van der Waals surface area contributed by atoms with E-state index in [0.717, 1.165) is 5.56 Å². The summed E-state index contributed by atoms with van der Waals surface area (Å²) in [6.45, 7) is 1.63. The maximum atomic E-state index is 12.7. The van der Waals surface area contributed by atoms with Crippen molar-refractivity contribution in [1.82, 2.24) is 18.8 Å². The van der Waals surface area contributed by atoms with Crippen molar-refractivity contribution >= 4 is 10.0 Å². The lowest BCUT2D eigenvalue weighted by atomic mass is 10.0. The molecule has 22 heavy (non-hydrogen) atoms.